The number of carbonyl (C=O) groups excluding carboxylic acids is 1. The lowest BCUT2D eigenvalue weighted by atomic mass is 10.3. The number of aromatic amines is 1. The lowest BCUT2D eigenvalue weighted by Gasteiger charge is -1.95. The highest BCUT2D eigenvalue weighted by Gasteiger charge is 2.17. The molecule has 0 amide bonds. The topological polar surface area (TPSA) is 32.9 Å². The SMILES string of the molecule is O=C(c1cc(Br)c(Br)[nH]1)C(Cl)Cl. The fourth-order valence-corrected chi connectivity index (χ4v) is 1.55. The van der Waals surface area contributed by atoms with E-state index < -0.39 is 4.84 Å². The molecule has 6 heteroatoms. The van der Waals surface area contributed by atoms with Crippen molar-refractivity contribution in [1.29, 1.82) is 0 Å². The molecule has 66 valence electrons. The van der Waals surface area contributed by atoms with Crippen molar-refractivity contribution in [2.24, 2.45) is 0 Å². The highest BCUT2D eigenvalue weighted by atomic mass is 79.9. The molecule has 0 aromatic carbocycles. The van der Waals surface area contributed by atoms with E-state index in [1.807, 2.05) is 0 Å². The monoisotopic (exact) mass is 333 g/mol. The first-order valence-electron chi connectivity index (χ1n) is 2.88. The van der Waals surface area contributed by atoms with Crippen molar-refractivity contribution in [1.82, 2.24) is 4.98 Å². The molecule has 0 aliphatic carbocycles. The maximum Gasteiger partial charge on any atom is 0.211 e. The first-order chi connectivity index (χ1) is 5.52. The molecule has 0 atom stereocenters. The Balaban J connectivity index is 2.97. The molecule has 2 nitrogen and oxygen atoms in total. The molecular weight excluding hydrogens is 333 g/mol. The van der Waals surface area contributed by atoms with E-state index in [0.29, 0.717) is 10.3 Å². The zero-order valence-corrected chi connectivity index (χ0v) is 10.3. The third kappa shape index (κ3) is 2.25. The van der Waals surface area contributed by atoms with E-state index in [2.05, 4.69) is 36.8 Å². The van der Waals surface area contributed by atoms with Gasteiger partial charge in [-0.3, -0.25) is 4.79 Å². The van der Waals surface area contributed by atoms with Crippen LogP contribution >= 0.6 is 55.1 Å². The number of Topliss-reactive ketones (excluding diaryl/α,β-unsaturated/α-hetero) is 1. The van der Waals surface area contributed by atoms with Crippen LogP contribution in [0.4, 0.5) is 0 Å². The van der Waals surface area contributed by atoms with E-state index in [1.54, 1.807) is 6.07 Å². The minimum absolute atomic E-state index is 0.343. The summed E-state index contributed by atoms with van der Waals surface area (Å²) in [7, 11) is 0. The van der Waals surface area contributed by atoms with Crippen LogP contribution in [0.2, 0.25) is 0 Å². The first-order valence-corrected chi connectivity index (χ1v) is 5.34. The number of ketones is 1. The Morgan fingerprint density at radius 2 is 2.08 bits per heavy atom. The number of carbonyl (C=O) groups is 1. The number of aromatic nitrogens is 1. The van der Waals surface area contributed by atoms with Gasteiger partial charge in [-0.2, -0.15) is 0 Å². The number of nitrogens with one attached hydrogen (secondary N) is 1. The maximum absolute atomic E-state index is 11.2. The fourth-order valence-electron chi connectivity index (χ4n) is 0.654. The standard InChI is InChI=1S/C6H3Br2Cl2NO/c7-2-1-3(11-5(2)8)4(12)6(9)10/h1,6,11H. The Morgan fingerprint density at radius 3 is 2.42 bits per heavy atom. The summed E-state index contributed by atoms with van der Waals surface area (Å²) >= 11 is 17.2. The molecule has 0 aliphatic rings. The van der Waals surface area contributed by atoms with Gasteiger partial charge in [-0.15, -0.1) is 0 Å². The van der Waals surface area contributed by atoms with Crippen LogP contribution in [0.3, 0.4) is 0 Å². The van der Waals surface area contributed by atoms with Crippen molar-refractivity contribution in [2.75, 3.05) is 0 Å². The average molecular weight is 336 g/mol. The summed E-state index contributed by atoms with van der Waals surface area (Å²) in [5.41, 5.74) is 0.378. The van der Waals surface area contributed by atoms with Crippen LogP contribution < -0.4 is 0 Å². The predicted octanol–water partition coefficient (Wildman–Crippen LogP) is 3.53. The molecule has 0 saturated carbocycles. The molecule has 12 heavy (non-hydrogen) atoms. The molecule has 1 aromatic heterocycles. The average Bonchev–Trinajstić information content (AvgIpc) is 2.30. The van der Waals surface area contributed by atoms with Crippen LogP contribution in [0.5, 0.6) is 0 Å². The normalized spacial score (nSPS) is 10.8. The summed E-state index contributed by atoms with van der Waals surface area (Å²) in [6.45, 7) is 0. The number of hydrogen-bond acceptors (Lipinski definition) is 1. The minimum Gasteiger partial charge on any atom is -0.346 e. The lowest BCUT2D eigenvalue weighted by molar-refractivity contribution is 0.100. The van der Waals surface area contributed by atoms with E-state index in [0.717, 1.165) is 4.47 Å². The van der Waals surface area contributed by atoms with Crippen LogP contribution in [0.15, 0.2) is 15.1 Å². The Kier molecular flexibility index (Phi) is 3.64. The van der Waals surface area contributed by atoms with Crippen LogP contribution in [-0.2, 0) is 0 Å². The number of alkyl halides is 2. The summed E-state index contributed by atoms with van der Waals surface area (Å²) < 4.78 is 1.46. The summed E-state index contributed by atoms with van der Waals surface area (Å²) in [5, 5.41) is 0. The first kappa shape index (κ1) is 10.6. The molecule has 1 aromatic rings. The van der Waals surface area contributed by atoms with Gasteiger partial charge in [-0.25, -0.2) is 0 Å². The Labute approximate surface area is 95.9 Å². The van der Waals surface area contributed by atoms with Crippen molar-refractivity contribution in [3.05, 3.63) is 20.8 Å². The summed E-state index contributed by atoms with van der Waals surface area (Å²) in [6.07, 6.45) is 0. The van der Waals surface area contributed by atoms with Crippen molar-refractivity contribution in [3.8, 4) is 0 Å². The van der Waals surface area contributed by atoms with Crippen molar-refractivity contribution in [3.63, 3.8) is 0 Å². The van der Waals surface area contributed by atoms with Gasteiger partial charge in [0.15, 0.2) is 4.84 Å². The molecule has 0 spiro atoms. The second-order valence-electron chi connectivity index (χ2n) is 2.01. The number of hydrogen-bond donors (Lipinski definition) is 1. The molecule has 0 aliphatic heterocycles. The Morgan fingerprint density at radius 1 is 1.50 bits per heavy atom. The largest absolute Gasteiger partial charge is 0.346 e. The van der Waals surface area contributed by atoms with Gasteiger partial charge < -0.3 is 4.98 Å². The van der Waals surface area contributed by atoms with Gasteiger partial charge in [0.25, 0.3) is 0 Å². The van der Waals surface area contributed by atoms with Gasteiger partial charge in [0.1, 0.15) is 0 Å². The fraction of sp³-hybridized carbons (Fsp3) is 0.167. The van der Waals surface area contributed by atoms with Gasteiger partial charge in [0.05, 0.1) is 14.8 Å². The second kappa shape index (κ2) is 4.13. The van der Waals surface area contributed by atoms with Gasteiger partial charge in [0, 0.05) is 0 Å². The van der Waals surface area contributed by atoms with Gasteiger partial charge in [-0.05, 0) is 37.9 Å². The maximum atomic E-state index is 11.2. The van der Waals surface area contributed by atoms with Gasteiger partial charge in [0.2, 0.25) is 5.78 Å². The quantitative estimate of drug-likeness (QED) is 0.651. The number of H-pyrrole nitrogens is 1. The third-order valence-electron chi connectivity index (χ3n) is 1.19. The van der Waals surface area contributed by atoms with Crippen LogP contribution in [0.25, 0.3) is 0 Å². The van der Waals surface area contributed by atoms with E-state index in [-0.39, 0.29) is 5.78 Å². The molecule has 1 rings (SSSR count). The van der Waals surface area contributed by atoms with Crippen molar-refractivity contribution >= 4 is 60.8 Å². The molecule has 0 radical (unpaired) electrons. The van der Waals surface area contributed by atoms with Crippen LogP contribution in [-0.4, -0.2) is 15.6 Å². The number of rotatable bonds is 2. The zero-order valence-electron chi connectivity index (χ0n) is 5.57. The third-order valence-corrected chi connectivity index (χ3v) is 3.37. The lowest BCUT2D eigenvalue weighted by Crippen LogP contribution is -2.08. The molecular formula is C6H3Br2Cl2NO. The summed E-state index contributed by atoms with van der Waals surface area (Å²) in [5.74, 6) is -0.343. The van der Waals surface area contributed by atoms with E-state index in [4.69, 9.17) is 23.2 Å². The molecule has 0 bridgehead atoms. The van der Waals surface area contributed by atoms with Crippen LogP contribution in [0, 0.1) is 0 Å². The number of halogens is 4. The van der Waals surface area contributed by atoms with Crippen molar-refractivity contribution < 1.29 is 4.79 Å². The van der Waals surface area contributed by atoms with E-state index in [9.17, 15) is 4.79 Å². The minimum atomic E-state index is -1.03. The smallest absolute Gasteiger partial charge is 0.211 e. The van der Waals surface area contributed by atoms with E-state index >= 15 is 0 Å². The molecule has 0 saturated heterocycles. The second-order valence-corrected chi connectivity index (χ2v) is 4.75. The summed E-state index contributed by atoms with van der Waals surface area (Å²) in [4.78, 5) is 12.9. The predicted molar refractivity (Wildman–Crippen MR) is 56.0 cm³/mol. The summed E-state index contributed by atoms with van der Waals surface area (Å²) in [6, 6.07) is 1.62. The van der Waals surface area contributed by atoms with Gasteiger partial charge >= 0.3 is 0 Å². The molecule has 1 N–H and O–H groups in total. The molecule has 1 heterocycles. The van der Waals surface area contributed by atoms with Crippen molar-refractivity contribution in [2.45, 2.75) is 4.84 Å². The van der Waals surface area contributed by atoms with E-state index in [1.165, 1.54) is 0 Å². The molecule has 0 unspecified atom stereocenters. The molecule has 0 fully saturated rings. The van der Waals surface area contributed by atoms with Gasteiger partial charge in [-0.1, -0.05) is 23.2 Å². The Bertz CT molecular complexity index is 291. The highest BCUT2D eigenvalue weighted by molar-refractivity contribution is 9.13. The Hall–Kier alpha value is 0.490. The highest BCUT2D eigenvalue weighted by Crippen LogP contribution is 2.24. The van der Waals surface area contributed by atoms with Crippen LogP contribution in [0.1, 0.15) is 10.5 Å². The zero-order chi connectivity index (χ0) is 9.30.